The second kappa shape index (κ2) is 52.4. The van der Waals surface area contributed by atoms with Gasteiger partial charge < -0.3 is 14.2 Å². The average molecular weight is 863 g/mol. The molecule has 0 saturated heterocycles. The van der Waals surface area contributed by atoms with Gasteiger partial charge in [0.05, 0.1) is 6.61 Å². The first kappa shape index (κ1) is 59.1. The number of hydrogen-bond donors (Lipinski definition) is 0. The van der Waals surface area contributed by atoms with Crippen LogP contribution in [0, 0.1) is 0 Å². The molecular formula is C57H98O5. The zero-order chi connectivity index (χ0) is 44.9. The fourth-order valence-corrected chi connectivity index (χ4v) is 6.98. The van der Waals surface area contributed by atoms with Crippen LogP contribution in [0.25, 0.3) is 0 Å². The Morgan fingerprint density at radius 3 is 1.23 bits per heavy atom. The summed E-state index contributed by atoms with van der Waals surface area (Å²) in [6.07, 6.45) is 68.7. The minimum absolute atomic E-state index is 0.0656. The predicted molar refractivity (Wildman–Crippen MR) is 270 cm³/mol. The third kappa shape index (κ3) is 49.7. The van der Waals surface area contributed by atoms with E-state index >= 15 is 0 Å². The van der Waals surface area contributed by atoms with Crippen molar-refractivity contribution in [1.82, 2.24) is 0 Å². The minimum Gasteiger partial charge on any atom is -0.462 e. The third-order valence-electron chi connectivity index (χ3n) is 10.9. The van der Waals surface area contributed by atoms with E-state index in [4.69, 9.17) is 14.2 Å². The van der Waals surface area contributed by atoms with Gasteiger partial charge in [-0.05, 0) is 109 Å². The largest absolute Gasteiger partial charge is 0.462 e. The number of rotatable bonds is 47. The molecule has 0 fully saturated rings. The molecule has 356 valence electrons. The van der Waals surface area contributed by atoms with Crippen LogP contribution in [0.15, 0.2) is 85.1 Å². The number of carbonyl (C=O) groups excluding carboxylic acids is 2. The predicted octanol–water partition coefficient (Wildman–Crippen LogP) is 17.7. The summed E-state index contributed by atoms with van der Waals surface area (Å²) in [4.78, 5) is 25.4. The maximum absolute atomic E-state index is 12.8. The lowest BCUT2D eigenvalue weighted by Crippen LogP contribution is -2.30. The third-order valence-corrected chi connectivity index (χ3v) is 10.9. The van der Waals surface area contributed by atoms with E-state index in [9.17, 15) is 9.59 Å². The quantitative estimate of drug-likeness (QED) is 0.0346. The Bertz CT molecular complexity index is 1160. The number of unbranched alkanes of at least 4 members (excludes halogenated alkanes) is 22. The molecule has 0 radical (unpaired) electrons. The summed E-state index contributed by atoms with van der Waals surface area (Å²) in [5, 5.41) is 0. The maximum atomic E-state index is 12.8. The van der Waals surface area contributed by atoms with E-state index in [-0.39, 0.29) is 25.2 Å². The van der Waals surface area contributed by atoms with Crippen molar-refractivity contribution < 1.29 is 23.8 Å². The van der Waals surface area contributed by atoms with Gasteiger partial charge in [0.1, 0.15) is 6.61 Å². The number of esters is 2. The van der Waals surface area contributed by atoms with Gasteiger partial charge in [0.15, 0.2) is 6.10 Å². The molecule has 0 aliphatic heterocycles. The molecule has 0 amide bonds. The molecule has 5 heteroatoms. The van der Waals surface area contributed by atoms with Crippen LogP contribution in [0.2, 0.25) is 0 Å². The zero-order valence-electron chi connectivity index (χ0n) is 40.9. The van der Waals surface area contributed by atoms with E-state index in [1.807, 2.05) is 0 Å². The van der Waals surface area contributed by atoms with Crippen molar-refractivity contribution in [3.8, 4) is 0 Å². The maximum Gasteiger partial charge on any atom is 0.306 e. The second-order valence-corrected chi connectivity index (χ2v) is 17.0. The Hall–Kier alpha value is -2.92. The lowest BCUT2D eigenvalue weighted by molar-refractivity contribution is -0.163. The standard InChI is InChI=1S/C57H98O5/c1-4-7-10-13-16-19-22-25-27-28-29-30-32-33-35-38-41-44-47-50-56(58)61-54-55(53-60-52-49-46-43-40-37-24-21-18-15-12-9-6-3)62-57(59)51-48-45-42-39-36-34-31-26-23-20-17-14-11-8-5-2/h8,11,15-20,25-27,29-31,55H,4-7,9-10,12-14,21-24,28,32-54H2,1-3H3/b11-8-,18-15-,19-16-,20-17-,27-25-,30-29-,31-26-. The Labute approximate surface area is 384 Å². The fraction of sp³-hybridized carbons (Fsp3) is 0.719. The first-order valence-electron chi connectivity index (χ1n) is 26.1. The van der Waals surface area contributed by atoms with Crippen molar-refractivity contribution in [2.24, 2.45) is 0 Å². The Kier molecular flexibility index (Phi) is 50.0. The average Bonchev–Trinajstić information content (AvgIpc) is 3.27. The number of hydrogen-bond acceptors (Lipinski definition) is 5. The van der Waals surface area contributed by atoms with E-state index in [2.05, 4.69) is 106 Å². The molecule has 0 aliphatic rings. The van der Waals surface area contributed by atoms with E-state index in [0.717, 1.165) is 96.3 Å². The van der Waals surface area contributed by atoms with Crippen LogP contribution < -0.4 is 0 Å². The van der Waals surface area contributed by atoms with Gasteiger partial charge in [-0.15, -0.1) is 0 Å². The molecule has 0 rings (SSSR count). The molecule has 0 aromatic carbocycles. The molecule has 0 spiro atoms. The monoisotopic (exact) mass is 863 g/mol. The summed E-state index contributed by atoms with van der Waals surface area (Å²) >= 11 is 0. The summed E-state index contributed by atoms with van der Waals surface area (Å²) in [5.41, 5.74) is 0. The Morgan fingerprint density at radius 1 is 0.371 bits per heavy atom. The number of ether oxygens (including phenoxy) is 3. The van der Waals surface area contributed by atoms with E-state index < -0.39 is 6.10 Å². The molecule has 5 nitrogen and oxygen atoms in total. The van der Waals surface area contributed by atoms with Crippen molar-refractivity contribution in [2.45, 2.75) is 245 Å². The highest BCUT2D eigenvalue weighted by Crippen LogP contribution is 2.13. The molecule has 0 saturated carbocycles. The first-order valence-corrected chi connectivity index (χ1v) is 26.1. The summed E-state index contributed by atoms with van der Waals surface area (Å²) in [7, 11) is 0. The van der Waals surface area contributed by atoms with Gasteiger partial charge in [-0.1, -0.05) is 202 Å². The number of allylic oxidation sites excluding steroid dienone is 14. The van der Waals surface area contributed by atoms with Gasteiger partial charge in [-0.2, -0.15) is 0 Å². The molecule has 0 aliphatic carbocycles. The van der Waals surface area contributed by atoms with Gasteiger partial charge in [-0.3, -0.25) is 9.59 Å². The summed E-state index contributed by atoms with van der Waals surface area (Å²) in [6, 6.07) is 0. The molecular weight excluding hydrogens is 765 g/mol. The molecule has 62 heavy (non-hydrogen) atoms. The molecule has 1 atom stereocenters. The molecule has 0 N–H and O–H groups in total. The topological polar surface area (TPSA) is 61.8 Å². The summed E-state index contributed by atoms with van der Waals surface area (Å²) in [6.45, 7) is 7.62. The van der Waals surface area contributed by atoms with Crippen LogP contribution >= 0.6 is 0 Å². The Balaban J connectivity index is 4.31. The first-order chi connectivity index (χ1) is 30.6. The van der Waals surface area contributed by atoms with Gasteiger partial charge in [0.25, 0.3) is 0 Å². The normalized spacial score (nSPS) is 12.9. The van der Waals surface area contributed by atoms with Crippen LogP contribution in [0.4, 0.5) is 0 Å². The molecule has 0 aromatic rings. The van der Waals surface area contributed by atoms with E-state index in [1.54, 1.807) is 0 Å². The smallest absolute Gasteiger partial charge is 0.306 e. The lowest BCUT2D eigenvalue weighted by Gasteiger charge is -2.18. The van der Waals surface area contributed by atoms with Crippen molar-refractivity contribution in [1.29, 1.82) is 0 Å². The van der Waals surface area contributed by atoms with Gasteiger partial charge in [0.2, 0.25) is 0 Å². The van der Waals surface area contributed by atoms with Crippen molar-refractivity contribution >= 4 is 11.9 Å². The fourth-order valence-electron chi connectivity index (χ4n) is 6.98. The van der Waals surface area contributed by atoms with Crippen molar-refractivity contribution in [3.05, 3.63) is 85.1 Å². The van der Waals surface area contributed by atoms with Crippen LogP contribution in [0.3, 0.4) is 0 Å². The molecule has 0 bridgehead atoms. The van der Waals surface area contributed by atoms with Crippen LogP contribution in [-0.4, -0.2) is 37.9 Å². The molecule has 1 unspecified atom stereocenters. The molecule has 0 aromatic heterocycles. The van der Waals surface area contributed by atoms with Crippen molar-refractivity contribution in [2.75, 3.05) is 19.8 Å². The van der Waals surface area contributed by atoms with Crippen molar-refractivity contribution in [3.63, 3.8) is 0 Å². The highest BCUT2D eigenvalue weighted by molar-refractivity contribution is 5.70. The lowest BCUT2D eigenvalue weighted by atomic mass is 10.1. The Morgan fingerprint density at radius 2 is 0.742 bits per heavy atom. The second-order valence-electron chi connectivity index (χ2n) is 17.0. The van der Waals surface area contributed by atoms with Gasteiger partial charge in [0, 0.05) is 19.4 Å². The number of carbonyl (C=O) groups is 2. The minimum atomic E-state index is -0.557. The van der Waals surface area contributed by atoms with Crippen LogP contribution in [-0.2, 0) is 23.8 Å². The van der Waals surface area contributed by atoms with Crippen LogP contribution in [0.1, 0.15) is 239 Å². The SMILES string of the molecule is CC/C=C\C/C=C\C/C=C\CCCCCCCC(=O)OC(COCCCCCCCC/C=C\CCCC)COC(=O)CCCCCCCC/C=C\C/C=C\C/C=C\CCCCC. The zero-order valence-corrected chi connectivity index (χ0v) is 40.9. The summed E-state index contributed by atoms with van der Waals surface area (Å²) in [5.74, 6) is -0.435. The summed E-state index contributed by atoms with van der Waals surface area (Å²) < 4.78 is 17.4. The van der Waals surface area contributed by atoms with E-state index in [1.165, 1.54) is 109 Å². The van der Waals surface area contributed by atoms with E-state index in [0.29, 0.717) is 19.4 Å². The molecule has 0 heterocycles. The van der Waals surface area contributed by atoms with Gasteiger partial charge in [-0.25, -0.2) is 0 Å². The van der Waals surface area contributed by atoms with Crippen LogP contribution in [0.5, 0.6) is 0 Å². The van der Waals surface area contributed by atoms with Gasteiger partial charge >= 0.3 is 11.9 Å². The highest BCUT2D eigenvalue weighted by atomic mass is 16.6. The highest BCUT2D eigenvalue weighted by Gasteiger charge is 2.17.